The molecule has 0 bridgehead atoms. The van der Waals surface area contributed by atoms with Crippen LogP contribution in [-0.2, 0) is 4.79 Å². The van der Waals surface area contributed by atoms with Crippen molar-refractivity contribution in [2.75, 3.05) is 5.32 Å². The molecule has 0 aliphatic heterocycles. The minimum absolute atomic E-state index is 0.107. The fraction of sp³-hybridized carbons (Fsp3) is 0.500. The molecule has 0 heterocycles. The molecule has 0 saturated heterocycles. The second-order valence-corrected chi connectivity index (χ2v) is 4.90. The van der Waals surface area contributed by atoms with Crippen molar-refractivity contribution in [1.82, 2.24) is 0 Å². The molecule has 2 atom stereocenters. The van der Waals surface area contributed by atoms with E-state index in [1.165, 1.54) is 12.1 Å². The number of benzene rings is 1. The Bertz CT molecular complexity index is 435. The summed E-state index contributed by atoms with van der Waals surface area (Å²) in [6.45, 7) is 3.67. The van der Waals surface area contributed by atoms with E-state index in [4.69, 9.17) is 5.73 Å². The molecule has 3 N–H and O–H groups in total. The molecule has 106 valence electrons. The van der Waals surface area contributed by atoms with Gasteiger partial charge in [0.1, 0.15) is 0 Å². The number of halogens is 2. The Hall–Kier alpha value is -1.49. The molecule has 1 rings (SSSR count). The van der Waals surface area contributed by atoms with Crippen molar-refractivity contribution in [3.63, 3.8) is 0 Å². The van der Waals surface area contributed by atoms with Crippen molar-refractivity contribution in [2.45, 2.75) is 39.2 Å². The zero-order chi connectivity index (χ0) is 14.4. The fourth-order valence-corrected chi connectivity index (χ4v) is 1.73. The maximum absolute atomic E-state index is 13.4. The van der Waals surface area contributed by atoms with Crippen LogP contribution in [0.5, 0.6) is 0 Å². The first kappa shape index (κ1) is 15.6. The third-order valence-corrected chi connectivity index (χ3v) is 2.95. The monoisotopic (exact) mass is 270 g/mol. The van der Waals surface area contributed by atoms with Crippen LogP contribution in [0.1, 0.15) is 33.1 Å². The van der Waals surface area contributed by atoms with E-state index in [-0.39, 0.29) is 23.6 Å². The van der Waals surface area contributed by atoms with E-state index in [1.54, 1.807) is 6.92 Å². The molecule has 0 spiro atoms. The van der Waals surface area contributed by atoms with Crippen molar-refractivity contribution in [1.29, 1.82) is 0 Å². The summed E-state index contributed by atoms with van der Waals surface area (Å²) < 4.78 is 26.4. The molecule has 1 amide bonds. The minimum atomic E-state index is -1.03. The van der Waals surface area contributed by atoms with E-state index < -0.39 is 11.6 Å². The molecule has 0 aliphatic carbocycles. The van der Waals surface area contributed by atoms with Crippen LogP contribution in [0, 0.1) is 17.6 Å². The van der Waals surface area contributed by atoms with E-state index in [9.17, 15) is 13.6 Å². The molecular weight excluding hydrogens is 250 g/mol. The van der Waals surface area contributed by atoms with Gasteiger partial charge in [0, 0.05) is 12.0 Å². The molecule has 0 saturated carbocycles. The lowest BCUT2D eigenvalue weighted by Crippen LogP contribution is -2.22. The Kier molecular flexibility index (Phi) is 5.89. The van der Waals surface area contributed by atoms with Gasteiger partial charge in [0.2, 0.25) is 5.91 Å². The highest BCUT2D eigenvalue weighted by Crippen LogP contribution is 2.18. The normalized spacial score (nSPS) is 13.9. The van der Waals surface area contributed by atoms with Gasteiger partial charge in [0.05, 0.1) is 5.69 Å². The van der Waals surface area contributed by atoms with Gasteiger partial charge in [-0.3, -0.25) is 4.79 Å². The second-order valence-electron chi connectivity index (χ2n) is 4.90. The van der Waals surface area contributed by atoms with Crippen molar-refractivity contribution >= 4 is 11.6 Å². The van der Waals surface area contributed by atoms with E-state index in [1.807, 2.05) is 6.92 Å². The zero-order valence-electron chi connectivity index (χ0n) is 11.2. The number of rotatable bonds is 6. The third kappa shape index (κ3) is 4.95. The van der Waals surface area contributed by atoms with Gasteiger partial charge in [0.15, 0.2) is 11.6 Å². The van der Waals surface area contributed by atoms with Gasteiger partial charge in [0.25, 0.3) is 0 Å². The van der Waals surface area contributed by atoms with Crippen LogP contribution >= 0.6 is 0 Å². The van der Waals surface area contributed by atoms with Crippen LogP contribution < -0.4 is 11.1 Å². The molecule has 3 nitrogen and oxygen atoms in total. The average molecular weight is 270 g/mol. The first-order chi connectivity index (χ1) is 8.91. The van der Waals surface area contributed by atoms with E-state index in [2.05, 4.69) is 5.32 Å². The summed E-state index contributed by atoms with van der Waals surface area (Å²) in [5.74, 6) is -2.57. The van der Waals surface area contributed by atoms with E-state index in [0.29, 0.717) is 6.42 Å². The topological polar surface area (TPSA) is 55.1 Å². The largest absolute Gasteiger partial charge is 0.328 e. The Balaban J connectivity index is 2.52. The Morgan fingerprint density at radius 3 is 2.63 bits per heavy atom. The molecule has 0 aliphatic rings. The highest BCUT2D eigenvalue weighted by atomic mass is 19.2. The lowest BCUT2D eigenvalue weighted by atomic mass is 10.0. The van der Waals surface area contributed by atoms with Crippen LogP contribution in [-0.4, -0.2) is 11.9 Å². The summed E-state index contributed by atoms with van der Waals surface area (Å²) in [6.07, 6.45) is 2.34. The standard InChI is InChI=1S/C14H20F2N2O/c1-9(5-3-6-10(2)17)14(19)18-12-8-4-7-11(15)13(12)16/h4,7-10H,3,5-6,17H2,1-2H3,(H,18,19). The van der Waals surface area contributed by atoms with Crippen LogP contribution in [0.4, 0.5) is 14.5 Å². The molecule has 2 unspecified atom stereocenters. The maximum atomic E-state index is 13.4. The molecule has 19 heavy (non-hydrogen) atoms. The van der Waals surface area contributed by atoms with E-state index in [0.717, 1.165) is 18.9 Å². The lowest BCUT2D eigenvalue weighted by molar-refractivity contribution is -0.119. The molecule has 5 heteroatoms. The van der Waals surface area contributed by atoms with Crippen molar-refractivity contribution in [3.05, 3.63) is 29.8 Å². The van der Waals surface area contributed by atoms with Crippen LogP contribution in [0.25, 0.3) is 0 Å². The van der Waals surface area contributed by atoms with Crippen LogP contribution in [0.3, 0.4) is 0 Å². The third-order valence-electron chi connectivity index (χ3n) is 2.95. The first-order valence-electron chi connectivity index (χ1n) is 6.42. The summed E-state index contributed by atoms with van der Waals surface area (Å²) in [5, 5.41) is 2.40. The molecule has 0 aromatic heterocycles. The Labute approximate surface area is 112 Å². The maximum Gasteiger partial charge on any atom is 0.227 e. The number of carbonyl (C=O) groups excluding carboxylic acids is 1. The SMILES string of the molecule is CC(N)CCCC(C)C(=O)Nc1cccc(F)c1F. The van der Waals surface area contributed by atoms with Gasteiger partial charge in [-0.25, -0.2) is 8.78 Å². The van der Waals surface area contributed by atoms with Gasteiger partial charge >= 0.3 is 0 Å². The number of nitrogens with one attached hydrogen (secondary N) is 1. The number of nitrogens with two attached hydrogens (primary N) is 1. The molecule has 0 radical (unpaired) electrons. The molecule has 1 aromatic carbocycles. The lowest BCUT2D eigenvalue weighted by Gasteiger charge is -2.13. The second kappa shape index (κ2) is 7.19. The summed E-state index contributed by atoms with van der Waals surface area (Å²) in [4.78, 5) is 11.8. The minimum Gasteiger partial charge on any atom is -0.328 e. The molecule has 0 fully saturated rings. The molecular formula is C14H20F2N2O. The van der Waals surface area contributed by atoms with Gasteiger partial charge < -0.3 is 11.1 Å². The number of carbonyl (C=O) groups is 1. The van der Waals surface area contributed by atoms with Crippen LogP contribution in [0.2, 0.25) is 0 Å². The highest BCUT2D eigenvalue weighted by molar-refractivity contribution is 5.92. The van der Waals surface area contributed by atoms with Gasteiger partial charge in [-0.05, 0) is 31.9 Å². The number of hydrogen-bond donors (Lipinski definition) is 2. The smallest absolute Gasteiger partial charge is 0.227 e. The van der Waals surface area contributed by atoms with Gasteiger partial charge in [-0.15, -0.1) is 0 Å². The Morgan fingerprint density at radius 2 is 2.00 bits per heavy atom. The average Bonchev–Trinajstić information content (AvgIpc) is 2.34. The van der Waals surface area contributed by atoms with Gasteiger partial charge in [-0.2, -0.15) is 0 Å². The summed E-state index contributed by atoms with van der Waals surface area (Å²) >= 11 is 0. The van der Waals surface area contributed by atoms with Crippen molar-refractivity contribution in [3.8, 4) is 0 Å². The predicted octanol–water partition coefficient (Wildman–Crippen LogP) is 3.06. The van der Waals surface area contributed by atoms with Crippen molar-refractivity contribution < 1.29 is 13.6 Å². The predicted molar refractivity (Wildman–Crippen MR) is 71.7 cm³/mol. The van der Waals surface area contributed by atoms with E-state index >= 15 is 0 Å². The number of amides is 1. The first-order valence-corrected chi connectivity index (χ1v) is 6.42. The van der Waals surface area contributed by atoms with Gasteiger partial charge in [-0.1, -0.05) is 19.4 Å². The van der Waals surface area contributed by atoms with Crippen LogP contribution in [0.15, 0.2) is 18.2 Å². The molecule has 1 aromatic rings. The number of anilines is 1. The summed E-state index contributed by atoms with van der Waals surface area (Å²) in [5.41, 5.74) is 5.50. The zero-order valence-corrected chi connectivity index (χ0v) is 11.2. The summed E-state index contributed by atoms with van der Waals surface area (Å²) in [7, 11) is 0. The summed E-state index contributed by atoms with van der Waals surface area (Å²) in [6, 6.07) is 3.81. The number of hydrogen-bond acceptors (Lipinski definition) is 2. The van der Waals surface area contributed by atoms with Crippen molar-refractivity contribution in [2.24, 2.45) is 11.7 Å². The quantitative estimate of drug-likeness (QED) is 0.834. The fourth-order valence-electron chi connectivity index (χ4n) is 1.73. The highest BCUT2D eigenvalue weighted by Gasteiger charge is 2.16. The Morgan fingerprint density at radius 1 is 1.32 bits per heavy atom.